The van der Waals surface area contributed by atoms with Gasteiger partial charge >= 0.3 is 5.97 Å². The highest BCUT2D eigenvalue weighted by Crippen LogP contribution is 2.30. The van der Waals surface area contributed by atoms with Crippen LogP contribution in [0, 0.1) is 0 Å². The number of aryl methyl sites for hydroxylation is 1. The third kappa shape index (κ3) is 3.98. The van der Waals surface area contributed by atoms with E-state index in [2.05, 4.69) is 17.2 Å². The number of carbonyl (C=O) groups excluding carboxylic acids is 2. The molecule has 0 saturated heterocycles. The maximum atomic E-state index is 12.7. The first-order chi connectivity index (χ1) is 12.2. The van der Waals surface area contributed by atoms with E-state index < -0.39 is 5.97 Å². The van der Waals surface area contributed by atoms with Gasteiger partial charge in [-0.3, -0.25) is 9.78 Å². The number of aromatic nitrogens is 1. The van der Waals surface area contributed by atoms with E-state index in [0.717, 1.165) is 60.7 Å². The number of unbranched alkanes of at least 4 members (excludes halogenated alkanes) is 2. The number of pyridine rings is 1. The summed E-state index contributed by atoms with van der Waals surface area (Å²) in [6.45, 7) is 2.50. The number of hydrogen-bond donors (Lipinski definition) is 1. The smallest absolute Gasteiger partial charge is 0.339 e. The number of amides is 1. The van der Waals surface area contributed by atoms with E-state index in [4.69, 9.17) is 4.74 Å². The van der Waals surface area contributed by atoms with Gasteiger partial charge in [-0.25, -0.2) is 4.79 Å². The summed E-state index contributed by atoms with van der Waals surface area (Å²) in [5.41, 5.74) is 3.35. The molecule has 1 heterocycles. The highest BCUT2D eigenvalue weighted by Gasteiger charge is 2.25. The molecule has 2 aromatic rings. The number of hydrogen-bond acceptors (Lipinski definition) is 4. The standard InChI is InChI=1S/C20H24N2O3/c1-2-3-6-12-21-18(23)13-25-20(24)19-14-8-4-5-10-16(14)22-17-11-7-9-15(17)19/h4-5,8,10H,2-3,6-7,9,11-13H2,1H3,(H,21,23). The van der Waals surface area contributed by atoms with Crippen molar-refractivity contribution in [3.8, 4) is 0 Å². The predicted molar refractivity (Wildman–Crippen MR) is 96.6 cm³/mol. The summed E-state index contributed by atoms with van der Waals surface area (Å²) in [7, 11) is 0. The molecule has 0 unspecified atom stereocenters. The van der Waals surface area contributed by atoms with Gasteiger partial charge in [-0.15, -0.1) is 0 Å². The van der Waals surface area contributed by atoms with Crippen molar-refractivity contribution in [3.05, 3.63) is 41.1 Å². The van der Waals surface area contributed by atoms with E-state index in [0.29, 0.717) is 12.1 Å². The van der Waals surface area contributed by atoms with Crippen LogP contribution in [0.25, 0.3) is 10.9 Å². The van der Waals surface area contributed by atoms with Crippen molar-refractivity contribution in [2.75, 3.05) is 13.2 Å². The molecule has 0 spiro atoms. The molecule has 1 N–H and O–H groups in total. The minimum absolute atomic E-state index is 0.240. The Balaban J connectivity index is 1.71. The first kappa shape index (κ1) is 17.4. The molecule has 0 radical (unpaired) electrons. The second-order valence-corrected chi connectivity index (χ2v) is 6.42. The van der Waals surface area contributed by atoms with Gasteiger partial charge in [-0.1, -0.05) is 38.0 Å². The van der Waals surface area contributed by atoms with Gasteiger partial charge in [0.1, 0.15) is 0 Å². The van der Waals surface area contributed by atoms with Crippen molar-refractivity contribution in [3.63, 3.8) is 0 Å². The highest BCUT2D eigenvalue weighted by molar-refractivity contribution is 6.05. The number of carbonyl (C=O) groups is 2. The monoisotopic (exact) mass is 340 g/mol. The average molecular weight is 340 g/mol. The lowest BCUT2D eigenvalue weighted by atomic mass is 10.0. The van der Waals surface area contributed by atoms with Crippen LogP contribution in [0.5, 0.6) is 0 Å². The zero-order chi connectivity index (χ0) is 17.6. The third-order valence-electron chi connectivity index (χ3n) is 4.56. The zero-order valence-electron chi connectivity index (χ0n) is 14.6. The Morgan fingerprint density at radius 1 is 1.20 bits per heavy atom. The van der Waals surface area contributed by atoms with Gasteiger partial charge in [0.25, 0.3) is 5.91 Å². The number of ether oxygens (including phenoxy) is 1. The van der Waals surface area contributed by atoms with Crippen molar-refractivity contribution >= 4 is 22.8 Å². The minimum Gasteiger partial charge on any atom is -0.452 e. The number of rotatable bonds is 7. The zero-order valence-corrected chi connectivity index (χ0v) is 14.6. The Labute approximate surface area is 147 Å². The van der Waals surface area contributed by atoms with Crippen LogP contribution in [0.2, 0.25) is 0 Å². The molecule has 25 heavy (non-hydrogen) atoms. The van der Waals surface area contributed by atoms with Crippen LogP contribution in [-0.2, 0) is 22.4 Å². The second kappa shape index (κ2) is 8.10. The fraction of sp³-hybridized carbons (Fsp3) is 0.450. The predicted octanol–water partition coefficient (Wildman–Crippen LogP) is 3.19. The summed E-state index contributed by atoms with van der Waals surface area (Å²) in [6.07, 6.45) is 5.84. The maximum Gasteiger partial charge on any atom is 0.339 e. The lowest BCUT2D eigenvalue weighted by Gasteiger charge is -2.12. The second-order valence-electron chi connectivity index (χ2n) is 6.42. The lowest BCUT2D eigenvalue weighted by Crippen LogP contribution is -2.29. The normalized spacial score (nSPS) is 12.8. The number of esters is 1. The minimum atomic E-state index is -0.430. The molecule has 1 aliphatic carbocycles. The Bertz CT molecular complexity index is 786. The molecular weight excluding hydrogens is 316 g/mol. The van der Waals surface area contributed by atoms with Crippen LogP contribution in [0.15, 0.2) is 24.3 Å². The number of para-hydroxylation sites is 1. The van der Waals surface area contributed by atoms with Crippen molar-refractivity contribution in [2.24, 2.45) is 0 Å². The van der Waals surface area contributed by atoms with E-state index in [1.165, 1.54) is 0 Å². The van der Waals surface area contributed by atoms with Crippen LogP contribution in [0.4, 0.5) is 0 Å². The van der Waals surface area contributed by atoms with Crippen LogP contribution in [0.3, 0.4) is 0 Å². The Morgan fingerprint density at radius 2 is 2.04 bits per heavy atom. The number of nitrogens with one attached hydrogen (secondary N) is 1. The molecule has 0 fully saturated rings. The molecule has 5 heteroatoms. The SMILES string of the molecule is CCCCCNC(=O)COC(=O)c1c2c(nc3ccccc13)CCC2. The summed E-state index contributed by atoms with van der Waals surface area (Å²) in [5.74, 6) is -0.681. The van der Waals surface area contributed by atoms with Gasteiger partial charge in [0, 0.05) is 17.6 Å². The fourth-order valence-electron chi connectivity index (χ4n) is 3.30. The van der Waals surface area contributed by atoms with Gasteiger partial charge in [0.05, 0.1) is 11.1 Å². The van der Waals surface area contributed by atoms with Crippen LogP contribution < -0.4 is 5.32 Å². The highest BCUT2D eigenvalue weighted by atomic mass is 16.5. The summed E-state index contributed by atoms with van der Waals surface area (Å²) in [4.78, 5) is 29.2. The molecule has 0 aliphatic heterocycles. The fourth-order valence-corrected chi connectivity index (χ4v) is 3.30. The Morgan fingerprint density at radius 3 is 2.88 bits per heavy atom. The van der Waals surface area contributed by atoms with E-state index in [-0.39, 0.29) is 12.5 Å². The quantitative estimate of drug-likeness (QED) is 0.621. The topological polar surface area (TPSA) is 68.3 Å². The molecule has 0 saturated carbocycles. The van der Waals surface area contributed by atoms with Gasteiger partial charge < -0.3 is 10.1 Å². The molecule has 3 rings (SSSR count). The number of benzene rings is 1. The molecule has 5 nitrogen and oxygen atoms in total. The average Bonchev–Trinajstić information content (AvgIpc) is 3.09. The summed E-state index contributed by atoms with van der Waals surface area (Å²) in [5, 5.41) is 3.59. The molecule has 1 amide bonds. The van der Waals surface area contributed by atoms with Gasteiger partial charge in [-0.2, -0.15) is 0 Å². The van der Waals surface area contributed by atoms with Gasteiger partial charge in [-0.05, 0) is 37.3 Å². The van der Waals surface area contributed by atoms with Crippen LogP contribution in [-0.4, -0.2) is 30.0 Å². The molecule has 1 aromatic heterocycles. The van der Waals surface area contributed by atoms with E-state index in [9.17, 15) is 9.59 Å². The maximum absolute atomic E-state index is 12.7. The molecule has 1 aliphatic rings. The van der Waals surface area contributed by atoms with Crippen molar-refractivity contribution < 1.29 is 14.3 Å². The third-order valence-corrected chi connectivity index (χ3v) is 4.56. The molecule has 0 atom stereocenters. The lowest BCUT2D eigenvalue weighted by molar-refractivity contribution is -0.124. The van der Waals surface area contributed by atoms with Gasteiger partial charge in [0.15, 0.2) is 6.61 Å². The Kier molecular flexibility index (Phi) is 5.64. The van der Waals surface area contributed by atoms with Crippen molar-refractivity contribution in [1.29, 1.82) is 0 Å². The van der Waals surface area contributed by atoms with Gasteiger partial charge in [0.2, 0.25) is 0 Å². The molecule has 1 aromatic carbocycles. The van der Waals surface area contributed by atoms with E-state index in [1.54, 1.807) is 0 Å². The molecular formula is C20H24N2O3. The summed E-state index contributed by atoms with van der Waals surface area (Å²) >= 11 is 0. The van der Waals surface area contributed by atoms with E-state index in [1.807, 2.05) is 24.3 Å². The number of nitrogens with zero attached hydrogens (tertiary/aromatic N) is 1. The summed E-state index contributed by atoms with van der Waals surface area (Å²) < 4.78 is 5.30. The van der Waals surface area contributed by atoms with Crippen molar-refractivity contribution in [1.82, 2.24) is 10.3 Å². The first-order valence-electron chi connectivity index (χ1n) is 9.05. The van der Waals surface area contributed by atoms with Crippen LogP contribution >= 0.6 is 0 Å². The molecule has 0 bridgehead atoms. The Hall–Kier alpha value is -2.43. The summed E-state index contributed by atoms with van der Waals surface area (Å²) in [6, 6.07) is 7.60. The first-order valence-corrected chi connectivity index (χ1v) is 9.05. The van der Waals surface area contributed by atoms with E-state index >= 15 is 0 Å². The largest absolute Gasteiger partial charge is 0.452 e. The molecule has 132 valence electrons. The number of fused-ring (bicyclic) bond motifs is 2. The van der Waals surface area contributed by atoms with Crippen molar-refractivity contribution in [2.45, 2.75) is 45.4 Å². The van der Waals surface area contributed by atoms with Crippen LogP contribution in [0.1, 0.15) is 54.2 Å².